The highest BCUT2D eigenvalue weighted by atomic mass is 35.5. The fourth-order valence-corrected chi connectivity index (χ4v) is 2.06. The average Bonchev–Trinajstić information content (AvgIpc) is 2.76. The predicted molar refractivity (Wildman–Crippen MR) is 69.9 cm³/mol. The molecule has 0 aliphatic heterocycles. The molecular weight excluding hydrogens is 238 g/mol. The number of H-pyrrole nitrogens is 1. The Morgan fingerprint density at radius 1 is 1.41 bits per heavy atom. The van der Waals surface area contributed by atoms with Crippen LogP contribution in [0.1, 0.15) is 5.56 Å². The molecule has 1 aromatic heterocycles. The van der Waals surface area contributed by atoms with E-state index in [0.29, 0.717) is 11.0 Å². The van der Waals surface area contributed by atoms with E-state index in [1.807, 2.05) is 26.1 Å². The van der Waals surface area contributed by atoms with E-state index < -0.39 is 0 Å². The van der Waals surface area contributed by atoms with Gasteiger partial charge in [0.25, 0.3) is 0 Å². The summed E-state index contributed by atoms with van der Waals surface area (Å²) in [6.45, 7) is 1.96. The molecule has 0 atom stereocenters. The summed E-state index contributed by atoms with van der Waals surface area (Å²) in [6, 6.07) is 3.74. The molecule has 0 spiro atoms. The number of imidazole rings is 1. The molecule has 0 amide bonds. The molecule has 90 valence electrons. The van der Waals surface area contributed by atoms with Crippen LogP contribution in [0.5, 0.6) is 5.75 Å². The number of benzene rings is 1. The Morgan fingerprint density at radius 3 is 2.76 bits per heavy atom. The van der Waals surface area contributed by atoms with Gasteiger partial charge in [-0.25, -0.2) is 4.98 Å². The number of hydrogen-bond acceptors (Lipinski definition) is 3. The van der Waals surface area contributed by atoms with Crippen molar-refractivity contribution in [2.24, 2.45) is 0 Å². The molecule has 0 radical (unpaired) electrons. The summed E-state index contributed by atoms with van der Waals surface area (Å²) in [5.74, 6) is 1.51. The van der Waals surface area contributed by atoms with Crippen molar-refractivity contribution in [3.05, 3.63) is 28.9 Å². The number of ether oxygens (including phenoxy) is 1. The van der Waals surface area contributed by atoms with Crippen LogP contribution in [0.25, 0.3) is 11.3 Å². The van der Waals surface area contributed by atoms with Crippen molar-refractivity contribution in [2.75, 3.05) is 19.5 Å². The lowest BCUT2D eigenvalue weighted by Gasteiger charge is -2.10. The van der Waals surface area contributed by atoms with Crippen LogP contribution in [-0.4, -0.2) is 24.1 Å². The van der Waals surface area contributed by atoms with Gasteiger partial charge in [-0.2, -0.15) is 0 Å². The second-order valence-corrected chi connectivity index (χ2v) is 4.14. The number of aromatic amines is 1. The van der Waals surface area contributed by atoms with Gasteiger partial charge < -0.3 is 15.0 Å². The summed E-state index contributed by atoms with van der Waals surface area (Å²) in [6.07, 6.45) is 1.75. The lowest BCUT2D eigenvalue weighted by atomic mass is 10.1. The number of anilines is 1. The van der Waals surface area contributed by atoms with Crippen molar-refractivity contribution < 1.29 is 4.74 Å². The van der Waals surface area contributed by atoms with Crippen LogP contribution in [0.3, 0.4) is 0 Å². The van der Waals surface area contributed by atoms with Gasteiger partial charge in [-0.05, 0) is 24.6 Å². The van der Waals surface area contributed by atoms with Gasteiger partial charge in [-0.3, -0.25) is 0 Å². The van der Waals surface area contributed by atoms with Crippen molar-refractivity contribution in [1.29, 1.82) is 0 Å². The minimum absolute atomic E-state index is 0.680. The van der Waals surface area contributed by atoms with E-state index in [4.69, 9.17) is 16.3 Å². The number of hydrogen-bond donors (Lipinski definition) is 2. The third kappa shape index (κ3) is 2.22. The van der Waals surface area contributed by atoms with Gasteiger partial charge in [0.1, 0.15) is 5.75 Å². The highest BCUT2D eigenvalue weighted by molar-refractivity contribution is 6.31. The van der Waals surface area contributed by atoms with Gasteiger partial charge in [-0.15, -0.1) is 0 Å². The highest BCUT2D eigenvalue weighted by Crippen LogP contribution is 2.35. The summed E-state index contributed by atoms with van der Waals surface area (Å²) in [7, 11) is 3.46. The van der Waals surface area contributed by atoms with Crippen LogP contribution >= 0.6 is 11.6 Å². The monoisotopic (exact) mass is 251 g/mol. The summed E-state index contributed by atoms with van der Waals surface area (Å²) in [5, 5.41) is 3.62. The zero-order valence-electron chi connectivity index (χ0n) is 9.97. The number of rotatable bonds is 3. The molecule has 5 heteroatoms. The molecule has 0 saturated carbocycles. The van der Waals surface area contributed by atoms with E-state index in [0.717, 1.165) is 22.6 Å². The Labute approximate surface area is 105 Å². The van der Waals surface area contributed by atoms with E-state index in [-0.39, 0.29) is 0 Å². The first-order valence-corrected chi connectivity index (χ1v) is 5.60. The smallest absolute Gasteiger partial charge is 0.200 e. The number of aromatic nitrogens is 2. The van der Waals surface area contributed by atoms with Gasteiger partial charge in [0.05, 0.1) is 19.0 Å². The molecule has 2 aromatic rings. The third-order valence-corrected chi connectivity index (χ3v) is 2.76. The van der Waals surface area contributed by atoms with Crippen molar-refractivity contribution in [3.8, 4) is 17.0 Å². The maximum atomic E-state index is 6.06. The first-order chi connectivity index (χ1) is 8.15. The van der Waals surface area contributed by atoms with Crippen LogP contribution in [0.4, 0.5) is 5.95 Å². The quantitative estimate of drug-likeness (QED) is 0.881. The van der Waals surface area contributed by atoms with E-state index in [9.17, 15) is 0 Å². The van der Waals surface area contributed by atoms with Gasteiger partial charge in [0, 0.05) is 17.6 Å². The van der Waals surface area contributed by atoms with Crippen molar-refractivity contribution in [3.63, 3.8) is 0 Å². The first kappa shape index (κ1) is 11.8. The minimum atomic E-state index is 0.680. The number of nitrogens with zero attached hydrogens (tertiary/aromatic N) is 1. The van der Waals surface area contributed by atoms with Gasteiger partial charge in [0.2, 0.25) is 0 Å². The molecule has 0 bridgehead atoms. The molecule has 0 fully saturated rings. The maximum Gasteiger partial charge on any atom is 0.200 e. The average molecular weight is 252 g/mol. The molecule has 0 saturated heterocycles. The standard InChI is InChI=1S/C12H14ClN3O/c1-7-4-8(13)5-9(11(7)17-3)10-6-15-12(14-2)16-10/h4-6H,1-3H3,(H2,14,15,16). The molecule has 2 rings (SSSR count). The molecule has 17 heavy (non-hydrogen) atoms. The van der Waals surface area contributed by atoms with Crippen LogP contribution < -0.4 is 10.1 Å². The minimum Gasteiger partial charge on any atom is -0.496 e. The van der Waals surface area contributed by atoms with Gasteiger partial charge in [0.15, 0.2) is 5.95 Å². The molecule has 2 N–H and O–H groups in total. The summed E-state index contributed by atoms with van der Waals surface area (Å²) >= 11 is 6.06. The number of methoxy groups -OCH3 is 1. The highest BCUT2D eigenvalue weighted by Gasteiger charge is 2.12. The molecule has 0 aliphatic carbocycles. The Morgan fingerprint density at radius 2 is 2.18 bits per heavy atom. The SMILES string of the molecule is CNc1ncc(-c2cc(Cl)cc(C)c2OC)[nH]1. The normalized spacial score (nSPS) is 10.4. The summed E-state index contributed by atoms with van der Waals surface area (Å²) < 4.78 is 5.40. The van der Waals surface area contributed by atoms with Crippen molar-refractivity contribution in [1.82, 2.24) is 9.97 Å². The maximum absolute atomic E-state index is 6.06. The molecule has 0 unspecified atom stereocenters. The van der Waals surface area contributed by atoms with E-state index in [1.165, 1.54) is 0 Å². The third-order valence-electron chi connectivity index (χ3n) is 2.55. The largest absolute Gasteiger partial charge is 0.496 e. The van der Waals surface area contributed by atoms with Crippen molar-refractivity contribution in [2.45, 2.75) is 6.92 Å². The number of halogens is 1. The summed E-state index contributed by atoms with van der Waals surface area (Å²) in [4.78, 5) is 7.33. The number of nitrogens with one attached hydrogen (secondary N) is 2. The van der Waals surface area contributed by atoms with E-state index >= 15 is 0 Å². The van der Waals surface area contributed by atoms with Gasteiger partial charge in [-0.1, -0.05) is 11.6 Å². The zero-order chi connectivity index (χ0) is 12.4. The van der Waals surface area contributed by atoms with Crippen molar-refractivity contribution >= 4 is 17.5 Å². The van der Waals surface area contributed by atoms with Gasteiger partial charge >= 0.3 is 0 Å². The second-order valence-electron chi connectivity index (χ2n) is 3.70. The molecule has 4 nitrogen and oxygen atoms in total. The van der Waals surface area contributed by atoms with E-state index in [2.05, 4.69) is 15.3 Å². The van der Waals surface area contributed by atoms with Crippen LogP contribution in [0.2, 0.25) is 5.02 Å². The fraction of sp³-hybridized carbons (Fsp3) is 0.250. The Hall–Kier alpha value is -1.68. The first-order valence-electron chi connectivity index (χ1n) is 5.23. The van der Waals surface area contributed by atoms with Crippen LogP contribution in [0.15, 0.2) is 18.3 Å². The second kappa shape index (κ2) is 4.67. The predicted octanol–water partition coefficient (Wildman–Crippen LogP) is 3.09. The molecule has 1 aromatic carbocycles. The van der Waals surface area contributed by atoms with Crippen LogP contribution in [0, 0.1) is 6.92 Å². The molecule has 1 heterocycles. The molecular formula is C12H14ClN3O. The van der Waals surface area contributed by atoms with E-state index in [1.54, 1.807) is 13.3 Å². The lowest BCUT2D eigenvalue weighted by molar-refractivity contribution is 0.413. The lowest BCUT2D eigenvalue weighted by Crippen LogP contribution is -1.93. The topological polar surface area (TPSA) is 49.9 Å². The summed E-state index contributed by atoms with van der Waals surface area (Å²) in [5.41, 5.74) is 2.78. The number of aryl methyl sites for hydroxylation is 1. The Bertz CT molecular complexity index is 537. The molecule has 0 aliphatic rings. The fourth-order valence-electron chi connectivity index (χ4n) is 1.79. The Balaban J connectivity index is 2.57. The van der Waals surface area contributed by atoms with Crippen LogP contribution in [-0.2, 0) is 0 Å². The Kier molecular flexibility index (Phi) is 3.24. The zero-order valence-corrected chi connectivity index (χ0v) is 10.7.